The van der Waals surface area contributed by atoms with Crippen LogP contribution >= 0.6 is 0 Å². The van der Waals surface area contributed by atoms with Crippen LogP contribution < -0.4 is 10.6 Å². The summed E-state index contributed by atoms with van der Waals surface area (Å²) in [4.78, 5) is 2.50. The Bertz CT molecular complexity index is 607. The maximum atomic E-state index is 12.3. The van der Waals surface area contributed by atoms with Crippen LogP contribution in [0.2, 0.25) is 0 Å². The van der Waals surface area contributed by atoms with Crippen molar-refractivity contribution in [2.45, 2.75) is 37.6 Å². The van der Waals surface area contributed by atoms with E-state index in [9.17, 15) is 8.42 Å². The third-order valence-electron chi connectivity index (χ3n) is 3.87. The predicted molar refractivity (Wildman–Crippen MR) is 86.9 cm³/mol. The lowest BCUT2D eigenvalue weighted by molar-refractivity contribution is 0.520. The quantitative estimate of drug-likeness (QED) is 0.817. The Morgan fingerprint density at radius 1 is 1.29 bits per heavy atom. The Kier molecular flexibility index (Phi) is 4.49. The summed E-state index contributed by atoms with van der Waals surface area (Å²) < 4.78 is 25.8. The van der Waals surface area contributed by atoms with E-state index in [4.69, 9.17) is 5.73 Å². The van der Waals surface area contributed by atoms with Crippen molar-refractivity contribution in [2.24, 2.45) is 5.92 Å². The van der Waals surface area contributed by atoms with Crippen LogP contribution in [0.15, 0.2) is 23.1 Å². The molecule has 5 nitrogen and oxygen atoms in total. The summed E-state index contributed by atoms with van der Waals surface area (Å²) >= 11 is 0. The van der Waals surface area contributed by atoms with Gasteiger partial charge in [-0.25, -0.2) is 12.7 Å². The van der Waals surface area contributed by atoms with Crippen molar-refractivity contribution in [1.82, 2.24) is 4.31 Å². The molecule has 1 aromatic carbocycles. The molecule has 0 spiro atoms. The maximum Gasteiger partial charge on any atom is 0.242 e. The first-order valence-corrected chi connectivity index (χ1v) is 8.76. The molecule has 6 heteroatoms. The minimum absolute atomic E-state index is 0.283. The zero-order valence-electron chi connectivity index (χ0n) is 13.2. The number of nitrogens with two attached hydrogens (primary N) is 1. The first-order chi connectivity index (χ1) is 9.73. The largest absolute Gasteiger partial charge is 0.397 e. The lowest BCUT2D eigenvalue weighted by atomic mass is 10.2. The van der Waals surface area contributed by atoms with E-state index in [1.165, 1.54) is 31.2 Å². The third-order valence-corrected chi connectivity index (χ3v) is 5.68. The van der Waals surface area contributed by atoms with Gasteiger partial charge in [0, 0.05) is 26.7 Å². The van der Waals surface area contributed by atoms with Crippen molar-refractivity contribution in [2.75, 3.05) is 31.3 Å². The van der Waals surface area contributed by atoms with Gasteiger partial charge in [0.15, 0.2) is 0 Å². The highest BCUT2D eigenvalue weighted by atomic mass is 32.2. The average Bonchev–Trinajstić information content (AvgIpc) is 3.20. The standard InChI is InChI=1S/C15H25N3O2S/c1-11(2)18(10-12-5-6-12)15-9-13(7-8-14(15)16)21(19,20)17(3)4/h7-9,11-12H,5-6,10,16H2,1-4H3. The molecule has 0 aliphatic heterocycles. The first-order valence-electron chi connectivity index (χ1n) is 7.32. The van der Waals surface area contributed by atoms with Crippen molar-refractivity contribution < 1.29 is 8.42 Å². The smallest absolute Gasteiger partial charge is 0.242 e. The van der Waals surface area contributed by atoms with E-state index in [1.54, 1.807) is 18.2 Å². The molecule has 0 aromatic heterocycles. The topological polar surface area (TPSA) is 66.6 Å². The minimum atomic E-state index is -3.44. The van der Waals surface area contributed by atoms with Crippen LogP contribution in [-0.2, 0) is 10.0 Å². The van der Waals surface area contributed by atoms with Gasteiger partial charge in [-0.05, 0) is 50.8 Å². The normalized spacial score (nSPS) is 15.7. The summed E-state index contributed by atoms with van der Waals surface area (Å²) in [5, 5.41) is 0. The van der Waals surface area contributed by atoms with E-state index < -0.39 is 10.0 Å². The summed E-state index contributed by atoms with van der Waals surface area (Å²) in [5.41, 5.74) is 7.54. The van der Waals surface area contributed by atoms with Crippen molar-refractivity contribution in [3.05, 3.63) is 18.2 Å². The molecule has 1 saturated carbocycles. The van der Waals surface area contributed by atoms with E-state index in [2.05, 4.69) is 18.7 Å². The third kappa shape index (κ3) is 3.49. The van der Waals surface area contributed by atoms with Crippen molar-refractivity contribution in [3.63, 3.8) is 0 Å². The second-order valence-corrected chi connectivity index (χ2v) is 8.35. The number of nitrogen functional groups attached to an aromatic ring is 1. The number of hydrogen-bond acceptors (Lipinski definition) is 4. The van der Waals surface area contributed by atoms with Crippen LogP contribution in [0.3, 0.4) is 0 Å². The Labute approximate surface area is 127 Å². The highest BCUT2D eigenvalue weighted by Gasteiger charge is 2.27. The molecule has 0 bridgehead atoms. The summed E-state index contributed by atoms with van der Waals surface area (Å²) in [5.74, 6) is 0.709. The first kappa shape index (κ1) is 16.1. The highest BCUT2D eigenvalue weighted by Crippen LogP contribution is 2.35. The Morgan fingerprint density at radius 2 is 1.90 bits per heavy atom. The van der Waals surface area contributed by atoms with Gasteiger partial charge < -0.3 is 10.6 Å². The SMILES string of the molecule is CC(C)N(CC1CC1)c1cc(S(=O)(=O)N(C)C)ccc1N. The molecule has 0 atom stereocenters. The van der Waals surface area contributed by atoms with Crippen LogP contribution in [0.25, 0.3) is 0 Å². The summed E-state index contributed by atoms with van der Waals surface area (Å²) in [6.07, 6.45) is 2.50. The second kappa shape index (κ2) is 5.85. The molecule has 21 heavy (non-hydrogen) atoms. The van der Waals surface area contributed by atoms with Crippen LogP contribution in [0.4, 0.5) is 11.4 Å². The van der Waals surface area contributed by atoms with Gasteiger partial charge in [0.1, 0.15) is 0 Å². The monoisotopic (exact) mass is 311 g/mol. The van der Waals surface area contributed by atoms with Crippen LogP contribution in [-0.4, -0.2) is 39.4 Å². The van der Waals surface area contributed by atoms with E-state index in [1.807, 2.05) is 0 Å². The molecule has 1 aliphatic rings. The summed E-state index contributed by atoms with van der Waals surface area (Å²) in [6, 6.07) is 5.25. The van der Waals surface area contributed by atoms with E-state index in [0.29, 0.717) is 11.6 Å². The molecule has 1 fully saturated rings. The van der Waals surface area contributed by atoms with Crippen molar-refractivity contribution >= 4 is 21.4 Å². The molecule has 0 amide bonds. The van der Waals surface area contributed by atoms with E-state index in [-0.39, 0.29) is 10.9 Å². The predicted octanol–water partition coefficient (Wildman–Crippen LogP) is 2.14. The van der Waals surface area contributed by atoms with Gasteiger partial charge in [0.25, 0.3) is 0 Å². The lowest BCUT2D eigenvalue weighted by Gasteiger charge is -2.30. The molecule has 0 saturated heterocycles. The van der Waals surface area contributed by atoms with Crippen LogP contribution in [0.5, 0.6) is 0 Å². The Morgan fingerprint density at radius 3 is 2.38 bits per heavy atom. The lowest BCUT2D eigenvalue weighted by Crippen LogP contribution is -2.33. The van der Waals surface area contributed by atoms with Crippen molar-refractivity contribution in [3.8, 4) is 0 Å². The van der Waals surface area contributed by atoms with Crippen molar-refractivity contribution in [1.29, 1.82) is 0 Å². The molecule has 1 aromatic rings. The number of hydrogen-bond donors (Lipinski definition) is 1. The molecular weight excluding hydrogens is 286 g/mol. The van der Waals surface area contributed by atoms with E-state index in [0.717, 1.165) is 12.2 Å². The average molecular weight is 311 g/mol. The maximum absolute atomic E-state index is 12.3. The fourth-order valence-corrected chi connectivity index (χ4v) is 3.23. The Balaban J connectivity index is 2.42. The second-order valence-electron chi connectivity index (χ2n) is 6.20. The molecule has 0 unspecified atom stereocenters. The molecule has 118 valence electrons. The van der Waals surface area contributed by atoms with Gasteiger partial charge in [-0.15, -0.1) is 0 Å². The number of sulfonamides is 1. The summed E-state index contributed by atoms with van der Waals surface area (Å²) in [7, 11) is -0.362. The fourth-order valence-electron chi connectivity index (χ4n) is 2.31. The summed E-state index contributed by atoms with van der Waals surface area (Å²) in [6.45, 7) is 5.15. The minimum Gasteiger partial charge on any atom is -0.397 e. The number of nitrogens with zero attached hydrogens (tertiary/aromatic N) is 2. The van der Waals surface area contributed by atoms with E-state index >= 15 is 0 Å². The van der Waals surface area contributed by atoms with Crippen LogP contribution in [0.1, 0.15) is 26.7 Å². The molecule has 2 rings (SSSR count). The van der Waals surface area contributed by atoms with Gasteiger partial charge in [0.05, 0.1) is 16.3 Å². The highest BCUT2D eigenvalue weighted by molar-refractivity contribution is 7.89. The molecule has 1 aliphatic carbocycles. The van der Waals surface area contributed by atoms with Crippen LogP contribution in [0, 0.1) is 5.92 Å². The number of anilines is 2. The van der Waals surface area contributed by atoms with Gasteiger partial charge in [-0.2, -0.15) is 0 Å². The van der Waals surface area contributed by atoms with Gasteiger partial charge in [-0.1, -0.05) is 0 Å². The molecule has 0 radical (unpaired) electrons. The zero-order chi connectivity index (χ0) is 15.8. The van der Waals surface area contributed by atoms with Gasteiger partial charge >= 0.3 is 0 Å². The molecular formula is C15H25N3O2S. The van der Waals surface area contributed by atoms with Gasteiger partial charge in [-0.3, -0.25) is 0 Å². The zero-order valence-corrected chi connectivity index (χ0v) is 14.0. The molecule has 2 N–H and O–H groups in total. The number of benzene rings is 1. The number of rotatable bonds is 6. The Hall–Kier alpha value is -1.27. The molecule has 0 heterocycles. The fraction of sp³-hybridized carbons (Fsp3) is 0.600. The van der Waals surface area contributed by atoms with Gasteiger partial charge in [0.2, 0.25) is 10.0 Å².